The van der Waals surface area contributed by atoms with Crippen molar-refractivity contribution in [2.75, 3.05) is 31.1 Å². The molecule has 1 aromatic heterocycles. The molecule has 1 aromatic rings. The Balaban J connectivity index is 1.98. The third-order valence-electron chi connectivity index (χ3n) is 4.16. The van der Waals surface area contributed by atoms with Gasteiger partial charge in [-0.1, -0.05) is 13.0 Å². The van der Waals surface area contributed by atoms with Gasteiger partial charge in [0.25, 0.3) is 0 Å². The van der Waals surface area contributed by atoms with Crippen LogP contribution in [0.5, 0.6) is 0 Å². The molecule has 20 heavy (non-hydrogen) atoms. The number of rotatable bonds is 6. The van der Waals surface area contributed by atoms with E-state index in [2.05, 4.69) is 41.2 Å². The zero-order valence-corrected chi connectivity index (χ0v) is 12.7. The molecule has 4 heteroatoms. The van der Waals surface area contributed by atoms with Crippen molar-refractivity contribution in [3.8, 4) is 0 Å². The van der Waals surface area contributed by atoms with Crippen molar-refractivity contribution >= 4 is 5.82 Å². The average Bonchev–Trinajstić information content (AvgIpc) is 2.48. The summed E-state index contributed by atoms with van der Waals surface area (Å²) >= 11 is 0. The molecule has 1 aliphatic rings. The largest absolute Gasteiger partial charge is 0.396 e. The van der Waals surface area contributed by atoms with Gasteiger partial charge in [0.1, 0.15) is 5.82 Å². The molecule has 0 saturated carbocycles. The molecule has 0 aromatic carbocycles. The van der Waals surface area contributed by atoms with Crippen LogP contribution >= 0.6 is 0 Å². The Hall–Kier alpha value is -1.13. The molecule has 1 aliphatic heterocycles. The van der Waals surface area contributed by atoms with Crippen LogP contribution in [0.2, 0.25) is 0 Å². The fourth-order valence-electron chi connectivity index (χ4n) is 2.96. The van der Waals surface area contributed by atoms with Crippen molar-refractivity contribution in [1.82, 2.24) is 10.3 Å². The zero-order valence-electron chi connectivity index (χ0n) is 12.7. The summed E-state index contributed by atoms with van der Waals surface area (Å²) in [4.78, 5) is 6.98. The quantitative estimate of drug-likeness (QED) is 0.838. The van der Waals surface area contributed by atoms with Crippen molar-refractivity contribution in [3.05, 3.63) is 23.9 Å². The number of nitrogens with zero attached hydrogens (tertiary/aromatic N) is 2. The van der Waals surface area contributed by atoms with Crippen molar-refractivity contribution < 1.29 is 5.11 Å². The maximum Gasteiger partial charge on any atom is 0.128 e. The van der Waals surface area contributed by atoms with Gasteiger partial charge in [-0.25, -0.2) is 4.98 Å². The molecular weight excluding hydrogens is 250 g/mol. The van der Waals surface area contributed by atoms with Gasteiger partial charge in [0, 0.05) is 31.9 Å². The summed E-state index contributed by atoms with van der Waals surface area (Å²) in [5.41, 5.74) is 1.24. The molecule has 4 nitrogen and oxygen atoms in total. The van der Waals surface area contributed by atoms with Crippen LogP contribution in [0, 0.1) is 5.92 Å². The first-order valence-corrected chi connectivity index (χ1v) is 7.79. The monoisotopic (exact) mass is 277 g/mol. The Morgan fingerprint density at radius 1 is 1.50 bits per heavy atom. The van der Waals surface area contributed by atoms with Crippen LogP contribution in [0.15, 0.2) is 18.3 Å². The van der Waals surface area contributed by atoms with Crippen LogP contribution in [-0.2, 0) is 0 Å². The number of aromatic nitrogens is 1. The standard InChI is InChI=1S/C16H27N3O/c1-3-17-13(2)15-6-7-16(18-11-15)19-9-4-5-14(12-19)8-10-20/h6-7,11,13-14,17,20H,3-5,8-10,12H2,1-2H3. The molecule has 0 amide bonds. The zero-order chi connectivity index (χ0) is 14.4. The Morgan fingerprint density at radius 3 is 3.00 bits per heavy atom. The molecule has 2 unspecified atom stereocenters. The minimum Gasteiger partial charge on any atom is -0.396 e. The van der Waals surface area contributed by atoms with Crippen LogP contribution in [0.1, 0.15) is 44.7 Å². The van der Waals surface area contributed by atoms with Crippen LogP contribution in [0.3, 0.4) is 0 Å². The van der Waals surface area contributed by atoms with E-state index in [0.29, 0.717) is 18.6 Å². The van der Waals surface area contributed by atoms with Crippen molar-refractivity contribution in [2.24, 2.45) is 5.92 Å². The Labute approximate surface area is 122 Å². The third kappa shape index (κ3) is 3.93. The predicted octanol–water partition coefficient (Wildman–Crippen LogP) is 2.35. The fourth-order valence-corrected chi connectivity index (χ4v) is 2.96. The summed E-state index contributed by atoms with van der Waals surface area (Å²) in [5, 5.41) is 12.5. The second kappa shape index (κ2) is 7.60. The number of pyridine rings is 1. The highest BCUT2D eigenvalue weighted by Crippen LogP contribution is 2.24. The van der Waals surface area contributed by atoms with Crippen molar-refractivity contribution in [1.29, 1.82) is 0 Å². The van der Waals surface area contributed by atoms with Gasteiger partial charge in [0.05, 0.1) is 0 Å². The number of aliphatic hydroxyl groups is 1. The van der Waals surface area contributed by atoms with Gasteiger partial charge < -0.3 is 15.3 Å². The minimum atomic E-state index is 0.297. The first kappa shape index (κ1) is 15.3. The Kier molecular flexibility index (Phi) is 5.80. The fraction of sp³-hybridized carbons (Fsp3) is 0.688. The topological polar surface area (TPSA) is 48.4 Å². The average molecular weight is 277 g/mol. The third-order valence-corrected chi connectivity index (χ3v) is 4.16. The summed E-state index contributed by atoms with van der Waals surface area (Å²) in [7, 11) is 0. The molecule has 112 valence electrons. The van der Waals surface area contributed by atoms with Gasteiger partial charge in [0.2, 0.25) is 0 Å². The Morgan fingerprint density at radius 2 is 2.35 bits per heavy atom. The number of hydrogen-bond donors (Lipinski definition) is 2. The van der Waals surface area contributed by atoms with Gasteiger partial charge >= 0.3 is 0 Å². The van der Waals surface area contributed by atoms with Gasteiger partial charge in [0.15, 0.2) is 0 Å². The number of piperidine rings is 1. The second-order valence-corrected chi connectivity index (χ2v) is 5.70. The molecule has 2 heterocycles. The highest BCUT2D eigenvalue weighted by atomic mass is 16.3. The maximum atomic E-state index is 9.08. The van der Waals surface area contributed by atoms with E-state index in [-0.39, 0.29) is 0 Å². The first-order valence-electron chi connectivity index (χ1n) is 7.79. The van der Waals surface area contributed by atoms with Gasteiger partial charge in [-0.3, -0.25) is 0 Å². The SMILES string of the molecule is CCNC(C)c1ccc(N2CCCC(CCO)C2)nc1. The van der Waals surface area contributed by atoms with E-state index in [0.717, 1.165) is 31.9 Å². The summed E-state index contributed by atoms with van der Waals surface area (Å²) in [6, 6.07) is 4.65. The number of nitrogens with one attached hydrogen (secondary N) is 1. The van der Waals surface area contributed by atoms with Crippen molar-refractivity contribution in [3.63, 3.8) is 0 Å². The van der Waals surface area contributed by atoms with Gasteiger partial charge in [-0.15, -0.1) is 0 Å². The van der Waals surface area contributed by atoms with E-state index in [1.807, 2.05) is 6.20 Å². The maximum absolute atomic E-state index is 9.08. The van der Waals surface area contributed by atoms with E-state index in [1.165, 1.54) is 18.4 Å². The van der Waals surface area contributed by atoms with Crippen LogP contribution in [-0.4, -0.2) is 36.3 Å². The molecule has 0 bridgehead atoms. The molecule has 1 fully saturated rings. The molecule has 0 aliphatic carbocycles. The number of anilines is 1. The van der Waals surface area contributed by atoms with E-state index in [9.17, 15) is 0 Å². The van der Waals surface area contributed by atoms with Crippen LogP contribution in [0.25, 0.3) is 0 Å². The van der Waals surface area contributed by atoms with Crippen LogP contribution in [0.4, 0.5) is 5.82 Å². The molecule has 2 N–H and O–H groups in total. The highest BCUT2D eigenvalue weighted by molar-refractivity contribution is 5.40. The van der Waals surface area contributed by atoms with E-state index in [4.69, 9.17) is 5.11 Å². The normalized spacial score (nSPS) is 20.9. The van der Waals surface area contributed by atoms with Gasteiger partial charge in [-0.2, -0.15) is 0 Å². The molecule has 0 spiro atoms. The molecule has 1 saturated heterocycles. The summed E-state index contributed by atoms with van der Waals surface area (Å²) < 4.78 is 0. The first-order chi connectivity index (χ1) is 9.74. The smallest absolute Gasteiger partial charge is 0.128 e. The molecule has 0 radical (unpaired) electrons. The summed E-state index contributed by atoms with van der Waals surface area (Å²) in [5.74, 6) is 1.68. The second-order valence-electron chi connectivity index (χ2n) is 5.70. The highest BCUT2D eigenvalue weighted by Gasteiger charge is 2.20. The molecule has 2 rings (SSSR count). The van der Waals surface area contributed by atoms with E-state index >= 15 is 0 Å². The lowest BCUT2D eigenvalue weighted by Crippen LogP contribution is -2.36. The lowest BCUT2D eigenvalue weighted by Gasteiger charge is -2.33. The Bertz CT molecular complexity index is 391. The number of aliphatic hydroxyl groups excluding tert-OH is 1. The van der Waals surface area contributed by atoms with Gasteiger partial charge in [-0.05, 0) is 50.3 Å². The minimum absolute atomic E-state index is 0.297. The lowest BCUT2D eigenvalue weighted by molar-refractivity contribution is 0.244. The number of hydrogen-bond acceptors (Lipinski definition) is 4. The van der Waals surface area contributed by atoms with Crippen LogP contribution < -0.4 is 10.2 Å². The molecule has 2 atom stereocenters. The summed E-state index contributed by atoms with van der Waals surface area (Å²) in [6.45, 7) is 7.65. The van der Waals surface area contributed by atoms with E-state index in [1.54, 1.807) is 0 Å². The molecular formula is C16H27N3O. The lowest BCUT2D eigenvalue weighted by atomic mass is 9.95. The van der Waals surface area contributed by atoms with Crippen molar-refractivity contribution in [2.45, 2.75) is 39.2 Å². The van der Waals surface area contributed by atoms with E-state index < -0.39 is 0 Å². The predicted molar refractivity (Wildman–Crippen MR) is 83.0 cm³/mol. The summed E-state index contributed by atoms with van der Waals surface area (Å²) in [6.07, 6.45) is 5.32.